The molecule has 4 rings (SSSR count). The minimum Gasteiger partial charge on any atom is -0.493 e. The Labute approximate surface area is 189 Å². The summed E-state index contributed by atoms with van der Waals surface area (Å²) >= 11 is 0. The molecule has 0 aliphatic rings. The van der Waals surface area contributed by atoms with Gasteiger partial charge in [0.05, 0.1) is 18.9 Å². The van der Waals surface area contributed by atoms with Gasteiger partial charge >= 0.3 is 0 Å². The van der Waals surface area contributed by atoms with E-state index in [1.165, 1.54) is 13.3 Å². The Bertz CT molecular complexity index is 1330. The summed E-state index contributed by atoms with van der Waals surface area (Å²) in [6, 6.07) is 21.9. The van der Waals surface area contributed by atoms with Gasteiger partial charge in [-0.25, -0.2) is 14.2 Å². The Hall–Kier alpha value is -4.26. The van der Waals surface area contributed by atoms with Crippen molar-refractivity contribution < 1.29 is 23.0 Å². The Morgan fingerprint density at radius 2 is 1.79 bits per heavy atom. The third-order valence-electron chi connectivity index (χ3n) is 5.00. The molecule has 4 aromatic rings. The first-order valence-electron chi connectivity index (χ1n) is 10.1. The van der Waals surface area contributed by atoms with Crippen LogP contribution in [0.2, 0.25) is 0 Å². The van der Waals surface area contributed by atoms with Gasteiger partial charge in [0.25, 0.3) is 5.91 Å². The van der Waals surface area contributed by atoms with Crippen molar-refractivity contribution in [2.24, 2.45) is 5.10 Å². The molecule has 0 fully saturated rings. The fraction of sp³-hybridized carbons (Fsp3) is 0.0769. The van der Waals surface area contributed by atoms with E-state index in [4.69, 9.17) is 9.47 Å². The zero-order valence-corrected chi connectivity index (χ0v) is 17.7. The quantitative estimate of drug-likeness (QED) is 0.303. The lowest BCUT2D eigenvalue weighted by atomic mass is 10.1. The van der Waals surface area contributed by atoms with Crippen LogP contribution >= 0.6 is 0 Å². The predicted molar refractivity (Wildman–Crippen MR) is 123 cm³/mol. The maximum atomic E-state index is 13.7. The van der Waals surface area contributed by atoms with Crippen molar-refractivity contribution in [3.63, 3.8) is 0 Å². The summed E-state index contributed by atoms with van der Waals surface area (Å²) in [5.74, 6) is -1.37. The molecule has 0 atom stereocenters. The third-order valence-corrected chi connectivity index (χ3v) is 5.00. The molecule has 33 heavy (non-hydrogen) atoms. The first kappa shape index (κ1) is 22.0. The van der Waals surface area contributed by atoms with Crippen LogP contribution in [0.25, 0.3) is 10.8 Å². The van der Waals surface area contributed by atoms with E-state index in [-0.39, 0.29) is 0 Å². The first-order chi connectivity index (χ1) is 16.0. The molecule has 1 amide bonds. The van der Waals surface area contributed by atoms with Crippen molar-refractivity contribution in [2.75, 3.05) is 7.11 Å². The maximum absolute atomic E-state index is 13.7. The lowest BCUT2D eigenvalue weighted by Gasteiger charge is -2.12. The van der Waals surface area contributed by atoms with E-state index < -0.39 is 23.1 Å². The molecule has 4 aromatic carbocycles. The van der Waals surface area contributed by atoms with E-state index in [2.05, 4.69) is 28.7 Å². The first-order valence-corrected chi connectivity index (χ1v) is 10.1. The van der Waals surface area contributed by atoms with Gasteiger partial charge in [0.1, 0.15) is 18.2 Å². The summed E-state index contributed by atoms with van der Waals surface area (Å²) in [6.07, 6.45) is 1.37. The molecule has 5 nitrogen and oxygen atoms in total. The van der Waals surface area contributed by atoms with Crippen molar-refractivity contribution in [3.05, 3.63) is 107 Å². The molecule has 1 N–H and O–H groups in total. The molecule has 0 bridgehead atoms. The van der Waals surface area contributed by atoms with Gasteiger partial charge < -0.3 is 9.47 Å². The fourth-order valence-electron chi connectivity index (χ4n) is 3.35. The number of nitrogens with zero attached hydrogens (tertiary/aromatic N) is 1. The average Bonchev–Trinajstić information content (AvgIpc) is 2.84. The van der Waals surface area contributed by atoms with Crippen LogP contribution in [-0.4, -0.2) is 19.2 Å². The SMILES string of the molecule is COc1cc(/C=N\NC(=O)c2cc(F)ccc2F)ccc1OCc1cccc2ccccc12. The molecule has 0 saturated heterocycles. The number of carbonyl (C=O) groups is 1. The van der Waals surface area contributed by atoms with Crippen LogP contribution in [0.15, 0.2) is 84.0 Å². The van der Waals surface area contributed by atoms with E-state index >= 15 is 0 Å². The standard InChI is InChI=1S/C26H20F2N2O3/c1-32-25-13-17(15-29-30-26(31)22-14-20(27)10-11-23(22)28)9-12-24(25)33-16-19-7-4-6-18-5-2-3-8-21(18)19/h2-15H,16H2,1H3,(H,30,31)/b29-15-. The second-order valence-corrected chi connectivity index (χ2v) is 7.16. The summed E-state index contributed by atoms with van der Waals surface area (Å²) in [4.78, 5) is 12.0. The second kappa shape index (κ2) is 9.91. The zero-order chi connectivity index (χ0) is 23.2. The molecular formula is C26H20F2N2O3. The number of rotatable bonds is 7. The highest BCUT2D eigenvalue weighted by Gasteiger charge is 2.12. The van der Waals surface area contributed by atoms with E-state index in [9.17, 15) is 13.6 Å². The highest BCUT2D eigenvalue weighted by atomic mass is 19.1. The van der Waals surface area contributed by atoms with Crippen LogP contribution in [0.1, 0.15) is 21.5 Å². The number of hydrogen-bond donors (Lipinski definition) is 1. The molecule has 0 radical (unpaired) electrons. The molecular weight excluding hydrogens is 426 g/mol. The summed E-state index contributed by atoms with van der Waals surface area (Å²) in [7, 11) is 1.52. The van der Waals surface area contributed by atoms with Gasteiger partial charge in [-0.3, -0.25) is 4.79 Å². The van der Waals surface area contributed by atoms with Crippen molar-refractivity contribution >= 4 is 22.9 Å². The number of fused-ring (bicyclic) bond motifs is 1. The lowest BCUT2D eigenvalue weighted by molar-refractivity contribution is 0.0950. The summed E-state index contributed by atoms with van der Waals surface area (Å²) < 4.78 is 38.3. The van der Waals surface area contributed by atoms with Crippen LogP contribution in [-0.2, 0) is 6.61 Å². The van der Waals surface area contributed by atoms with Gasteiger partial charge in [0.2, 0.25) is 0 Å². The monoisotopic (exact) mass is 446 g/mol. The molecule has 0 saturated carbocycles. The van der Waals surface area contributed by atoms with E-state index in [1.54, 1.807) is 18.2 Å². The molecule has 0 spiro atoms. The number of ether oxygens (including phenoxy) is 2. The highest BCUT2D eigenvalue weighted by molar-refractivity contribution is 5.95. The van der Waals surface area contributed by atoms with Crippen molar-refractivity contribution in [1.82, 2.24) is 5.43 Å². The Balaban J connectivity index is 1.44. The number of nitrogens with one attached hydrogen (secondary N) is 1. The molecule has 7 heteroatoms. The smallest absolute Gasteiger partial charge is 0.274 e. The molecule has 0 unspecified atom stereocenters. The van der Waals surface area contributed by atoms with Gasteiger partial charge in [-0.05, 0) is 58.3 Å². The number of amides is 1. The van der Waals surface area contributed by atoms with E-state index in [0.29, 0.717) is 23.7 Å². The Morgan fingerprint density at radius 3 is 2.64 bits per heavy atom. The number of methoxy groups -OCH3 is 1. The van der Waals surface area contributed by atoms with Crippen LogP contribution in [0, 0.1) is 11.6 Å². The van der Waals surface area contributed by atoms with Gasteiger partial charge in [-0.15, -0.1) is 0 Å². The third kappa shape index (κ3) is 5.15. The van der Waals surface area contributed by atoms with Crippen molar-refractivity contribution in [1.29, 1.82) is 0 Å². The molecule has 0 aliphatic carbocycles. The average molecular weight is 446 g/mol. The topological polar surface area (TPSA) is 59.9 Å². The summed E-state index contributed by atoms with van der Waals surface area (Å²) in [5, 5.41) is 6.07. The summed E-state index contributed by atoms with van der Waals surface area (Å²) in [5.41, 5.74) is 3.42. The normalized spacial score (nSPS) is 11.0. The number of carbonyl (C=O) groups excluding carboxylic acids is 1. The second-order valence-electron chi connectivity index (χ2n) is 7.16. The number of benzene rings is 4. The Kier molecular flexibility index (Phi) is 6.59. The maximum Gasteiger partial charge on any atom is 0.274 e. The minimum atomic E-state index is -0.856. The van der Waals surface area contributed by atoms with Crippen molar-refractivity contribution in [3.8, 4) is 11.5 Å². The van der Waals surface area contributed by atoms with E-state index in [0.717, 1.165) is 34.5 Å². The highest BCUT2D eigenvalue weighted by Crippen LogP contribution is 2.29. The van der Waals surface area contributed by atoms with Gasteiger partial charge in [0.15, 0.2) is 11.5 Å². The molecule has 0 aliphatic heterocycles. The van der Waals surface area contributed by atoms with Gasteiger partial charge in [-0.1, -0.05) is 42.5 Å². The van der Waals surface area contributed by atoms with Crippen LogP contribution in [0.4, 0.5) is 8.78 Å². The largest absolute Gasteiger partial charge is 0.493 e. The fourth-order valence-corrected chi connectivity index (χ4v) is 3.35. The van der Waals surface area contributed by atoms with E-state index in [1.807, 2.05) is 24.3 Å². The predicted octanol–water partition coefficient (Wildman–Crippen LogP) is 5.47. The number of halogens is 2. The molecule has 0 heterocycles. The van der Waals surface area contributed by atoms with Gasteiger partial charge in [-0.2, -0.15) is 5.10 Å². The van der Waals surface area contributed by atoms with Crippen LogP contribution in [0.3, 0.4) is 0 Å². The van der Waals surface area contributed by atoms with Crippen LogP contribution < -0.4 is 14.9 Å². The lowest BCUT2D eigenvalue weighted by Crippen LogP contribution is -2.19. The van der Waals surface area contributed by atoms with Crippen LogP contribution in [0.5, 0.6) is 11.5 Å². The van der Waals surface area contributed by atoms with Crippen molar-refractivity contribution in [2.45, 2.75) is 6.61 Å². The molecule has 166 valence electrons. The number of hydrogen-bond acceptors (Lipinski definition) is 4. The minimum absolute atomic E-state index is 0.362. The zero-order valence-electron chi connectivity index (χ0n) is 17.7. The summed E-state index contributed by atoms with van der Waals surface area (Å²) in [6.45, 7) is 0.362. The van der Waals surface area contributed by atoms with Gasteiger partial charge in [0, 0.05) is 0 Å². The molecule has 0 aromatic heterocycles. The Morgan fingerprint density at radius 1 is 0.970 bits per heavy atom. The number of hydrazone groups is 1.